The Bertz CT molecular complexity index is 1000. The first-order valence-electron chi connectivity index (χ1n) is 9.19. The van der Waals surface area contributed by atoms with E-state index in [0.29, 0.717) is 33.5 Å². The number of nitrogens with one attached hydrogen (secondary N) is 1. The van der Waals surface area contributed by atoms with Crippen LogP contribution in [0.25, 0.3) is 11.3 Å². The highest BCUT2D eigenvalue weighted by atomic mass is 35.5. The minimum absolute atomic E-state index is 0.0629. The maximum Gasteiger partial charge on any atom is 0.253 e. The highest BCUT2D eigenvalue weighted by molar-refractivity contribution is 6.30. The van der Waals surface area contributed by atoms with Crippen LogP contribution in [0, 0.1) is 0 Å². The Morgan fingerprint density at radius 1 is 1.20 bits per heavy atom. The van der Waals surface area contributed by atoms with E-state index in [9.17, 15) is 15.0 Å². The average molecular weight is 432 g/mol. The third-order valence-electron chi connectivity index (χ3n) is 4.34. The van der Waals surface area contributed by atoms with Crippen LogP contribution in [0.2, 0.25) is 5.02 Å². The second-order valence-electron chi connectivity index (χ2n) is 7.27. The molecule has 0 aliphatic heterocycles. The lowest BCUT2D eigenvalue weighted by Gasteiger charge is -2.23. The van der Waals surface area contributed by atoms with Crippen LogP contribution in [0.3, 0.4) is 0 Å². The molecule has 0 unspecified atom stereocenters. The van der Waals surface area contributed by atoms with E-state index in [-0.39, 0.29) is 25.7 Å². The molecule has 1 amide bonds. The van der Waals surface area contributed by atoms with Crippen molar-refractivity contribution in [1.82, 2.24) is 15.5 Å². The molecule has 0 bridgehead atoms. The molecule has 3 aromatic rings. The van der Waals surface area contributed by atoms with Crippen LogP contribution < -0.4 is 10.1 Å². The van der Waals surface area contributed by atoms with Crippen molar-refractivity contribution < 1.29 is 24.3 Å². The molecule has 3 N–H and O–H groups in total. The monoisotopic (exact) mass is 431 g/mol. The number of rotatable bonds is 8. The predicted octanol–water partition coefficient (Wildman–Crippen LogP) is 2.96. The number of aliphatic hydroxyl groups is 2. The lowest BCUT2D eigenvalue weighted by Crippen LogP contribution is -2.46. The molecule has 0 aliphatic rings. The van der Waals surface area contributed by atoms with Gasteiger partial charge in [0, 0.05) is 22.8 Å². The molecule has 2 heterocycles. The number of aliphatic hydroxyl groups excluding tert-OH is 2. The summed E-state index contributed by atoms with van der Waals surface area (Å²) in [4.78, 5) is 16.4. The second-order valence-corrected chi connectivity index (χ2v) is 7.70. The molecule has 0 radical (unpaired) electrons. The molecule has 0 atom stereocenters. The number of hydrogen-bond acceptors (Lipinski definition) is 7. The Kier molecular flexibility index (Phi) is 6.71. The smallest absolute Gasteiger partial charge is 0.253 e. The first-order valence-corrected chi connectivity index (χ1v) is 9.57. The molecule has 0 fully saturated rings. The number of halogens is 1. The van der Waals surface area contributed by atoms with E-state index in [2.05, 4.69) is 15.5 Å². The molecule has 2 aromatic heterocycles. The molecule has 9 heteroatoms. The summed E-state index contributed by atoms with van der Waals surface area (Å²) in [6, 6.07) is 10.2. The van der Waals surface area contributed by atoms with Gasteiger partial charge < -0.3 is 24.8 Å². The van der Waals surface area contributed by atoms with E-state index in [1.807, 2.05) is 0 Å². The highest BCUT2D eigenvalue weighted by Crippen LogP contribution is 2.28. The van der Waals surface area contributed by atoms with Gasteiger partial charge in [0.1, 0.15) is 18.9 Å². The van der Waals surface area contributed by atoms with E-state index in [0.717, 1.165) is 5.56 Å². The Morgan fingerprint density at radius 2 is 1.93 bits per heavy atom. The van der Waals surface area contributed by atoms with Gasteiger partial charge in [-0.15, -0.1) is 0 Å². The van der Waals surface area contributed by atoms with Crippen molar-refractivity contribution in [3.8, 4) is 17.1 Å². The number of ether oxygens (including phenoxy) is 1. The van der Waals surface area contributed by atoms with Crippen molar-refractivity contribution in [2.75, 3.05) is 6.61 Å². The highest BCUT2D eigenvalue weighted by Gasteiger charge is 2.21. The zero-order valence-electron chi connectivity index (χ0n) is 16.6. The summed E-state index contributed by atoms with van der Waals surface area (Å²) in [5.74, 6) is 0.238. The Labute approximate surface area is 178 Å². The Morgan fingerprint density at radius 3 is 2.53 bits per heavy atom. The summed E-state index contributed by atoms with van der Waals surface area (Å²) < 4.78 is 10.9. The minimum atomic E-state index is -0.737. The number of benzene rings is 1. The summed E-state index contributed by atoms with van der Waals surface area (Å²) >= 11 is 5.93. The van der Waals surface area contributed by atoms with Gasteiger partial charge in [0.15, 0.2) is 5.76 Å². The number of nitrogens with zero attached hydrogens (tertiary/aromatic N) is 2. The second kappa shape index (κ2) is 9.25. The molecule has 158 valence electrons. The lowest BCUT2D eigenvalue weighted by molar-refractivity contribution is 0.0869. The van der Waals surface area contributed by atoms with E-state index in [1.54, 1.807) is 50.2 Å². The number of hydrogen-bond donors (Lipinski definition) is 3. The number of aromatic nitrogens is 2. The fourth-order valence-corrected chi connectivity index (χ4v) is 2.74. The van der Waals surface area contributed by atoms with Crippen molar-refractivity contribution in [2.24, 2.45) is 0 Å². The van der Waals surface area contributed by atoms with Gasteiger partial charge in [0.2, 0.25) is 5.88 Å². The SMILES string of the molecule is CC(C)(CO)NC(=O)c1ccc(OCc2c(-c3ccc(Cl)cc3)noc2CO)nc1. The minimum Gasteiger partial charge on any atom is -0.473 e. The molecular formula is C21H22ClN3O5. The third-order valence-corrected chi connectivity index (χ3v) is 4.59. The molecule has 0 aliphatic carbocycles. The first kappa shape index (κ1) is 21.8. The summed E-state index contributed by atoms with van der Waals surface area (Å²) in [5.41, 5.74) is 1.50. The molecule has 30 heavy (non-hydrogen) atoms. The lowest BCUT2D eigenvalue weighted by atomic mass is 10.1. The summed E-state index contributed by atoms with van der Waals surface area (Å²) in [5, 5.41) is 26.1. The van der Waals surface area contributed by atoms with Gasteiger partial charge in [-0.05, 0) is 32.0 Å². The van der Waals surface area contributed by atoms with Gasteiger partial charge in [-0.3, -0.25) is 4.79 Å². The van der Waals surface area contributed by atoms with Gasteiger partial charge in [0.05, 0.1) is 23.3 Å². The molecule has 0 spiro atoms. The zero-order valence-corrected chi connectivity index (χ0v) is 17.3. The fraction of sp³-hybridized carbons (Fsp3) is 0.286. The summed E-state index contributed by atoms with van der Waals surface area (Å²) in [6.07, 6.45) is 1.39. The maximum atomic E-state index is 12.2. The molecular weight excluding hydrogens is 410 g/mol. The van der Waals surface area contributed by atoms with E-state index >= 15 is 0 Å². The molecule has 0 saturated carbocycles. The third kappa shape index (κ3) is 5.15. The topological polar surface area (TPSA) is 118 Å². The zero-order chi connectivity index (χ0) is 21.7. The van der Waals surface area contributed by atoms with Crippen molar-refractivity contribution in [2.45, 2.75) is 32.6 Å². The van der Waals surface area contributed by atoms with Crippen LogP contribution in [0.1, 0.15) is 35.5 Å². The Balaban J connectivity index is 1.72. The van der Waals surface area contributed by atoms with Gasteiger partial charge >= 0.3 is 0 Å². The number of carbonyl (C=O) groups is 1. The van der Waals surface area contributed by atoms with Gasteiger partial charge in [-0.25, -0.2) is 4.98 Å². The normalized spacial score (nSPS) is 11.4. The largest absolute Gasteiger partial charge is 0.473 e. The van der Waals surface area contributed by atoms with Crippen molar-refractivity contribution in [3.63, 3.8) is 0 Å². The van der Waals surface area contributed by atoms with Crippen LogP contribution in [0.5, 0.6) is 5.88 Å². The average Bonchev–Trinajstić information content (AvgIpc) is 3.15. The van der Waals surface area contributed by atoms with Crippen LogP contribution in [-0.4, -0.2) is 38.4 Å². The quantitative estimate of drug-likeness (QED) is 0.501. The van der Waals surface area contributed by atoms with E-state index < -0.39 is 5.54 Å². The predicted molar refractivity (Wildman–Crippen MR) is 110 cm³/mol. The van der Waals surface area contributed by atoms with Crippen molar-refractivity contribution in [3.05, 3.63) is 64.5 Å². The van der Waals surface area contributed by atoms with Crippen LogP contribution in [0.4, 0.5) is 0 Å². The number of amides is 1. The summed E-state index contributed by atoms with van der Waals surface area (Å²) in [6.45, 7) is 2.98. The van der Waals surface area contributed by atoms with Crippen molar-refractivity contribution >= 4 is 17.5 Å². The molecule has 3 rings (SSSR count). The fourth-order valence-electron chi connectivity index (χ4n) is 2.62. The van der Waals surface area contributed by atoms with Gasteiger partial charge in [-0.1, -0.05) is 28.9 Å². The van der Waals surface area contributed by atoms with Crippen LogP contribution in [0.15, 0.2) is 47.1 Å². The standard InChI is InChI=1S/C21H22ClN3O5/c1-21(2,12-27)24-20(28)14-5-8-18(23-9-14)29-11-16-17(10-26)30-25-19(16)13-3-6-15(22)7-4-13/h3-9,26-27H,10-12H2,1-2H3,(H,24,28). The maximum absolute atomic E-state index is 12.2. The Hall–Kier alpha value is -2.94. The van der Waals surface area contributed by atoms with E-state index in [1.165, 1.54) is 6.20 Å². The van der Waals surface area contributed by atoms with Gasteiger partial charge in [-0.2, -0.15) is 0 Å². The van der Waals surface area contributed by atoms with Crippen LogP contribution >= 0.6 is 11.6 Å². The van der Waals surface area contributed by atoms with Crippen LogP contribution in [-0.2, 0) is 13.2 Å². The van der Waals surface area contributed by atoms with E-state index in [4.69, 9.17) is 20.9 Å². The molecule has 1 aromatic carbocycles. The molecule has 8 nitrogen and oxygen atoms in total. The van der Waals surface area contributed by atoms with Crippen molar-refractivity contribution in [1.29, 1.82) is 0 Å². The number of carbonyl (C=O) groups excluding carboxylic acids is 1. The number of pyridine rings is 1. The summed E-state index contributed by atoms with van der Waals surface area (Å²) in [7, 11) is 0. The molecule has 0 saturated heterocycles. The first-order chi connectivity index (χ1) is 14.3. The van der Waals surface area contributed by atoms with Gasteiger partial charge in [0.25, 0.3) is 5.91 Å².